The predicted molar refractivity (Wildman–Crippen MR) is 102 cm³/mol. The number of aromatic amines is 1. The van der Waals surface area contributed by atoms with Crippen molar-refractivity contribution in [2.75, 3.05) is 0 Å². The third-order valence-electron chi connectivity index (χ3n) is 4.44. The number of H-pyrrole nitrogens is 1. The van der Waals surface area contributed by atoms with Gasteiger partial charge in [-0.25, -0.2) is 19.2 Å². The van der Waals surface area contributed by atoms with Crippen molar-refractivity contribution >= 4 is 14.1 Å². The molecule has 4 aromatic heterocycles. The van der Waals surface area contributed by atoms with Gasteiger partial charge in [0.1, 0.15) is 0 Å². The van der Waals surface area contributed by atoms with E-state index in [0.29, 0.717) is 23.4 Å². The average Bonchev–Trinajstić information content (AvgIpc) is 3.29. The highest BCUT2D eigenvalue weighted by molar-refractivity contribution is 5.76. The Morgan fingerprint density at radius 1 is 1.33 bits per heavy atom. The maximum absolute atomic E-state index is 12.6. The summed E-state index contributed by atoms with van der Waals surface area (Å²) in [7, 11) is 0. The summed E-state index contributed by atoms with van der Waals surface area (Å²) < 4.78 is 3.09. The van der Waals surface area contributed by atoms with Crippen LogP contribution < -0.4 is 5.56 Å². The first kappa shape index (κ1) is 18.6. The molecule has 0 bridgehead atoms. The van der Waals surface area contributed by atoms with Crippen LogP contribution in [0.2, 0.25) is 0 Å². The van der Waals surface area contributed by atoms with Gasteiger partial charge in [0.05, 0.1) is 12.8 Å². The molecule has 0 spiro atoms. The molecule has 0 unspecified atom stereocenters. The lowest BCUT2D eigenvalue weighted by Crippen LogP contribution is -2.21. The minimum absolute atomic E-state index is 0. The maximum Gasteiger partial charge on any atom is 0.276 e. The zero-order valence-corrected chi connectivity index (χ0v) is 15.0. The number of aromatic nitrogens is 6. The Kier molecular flexibility index (Phi) is 4.96. The van der Waals surface area contributed by atoms with E-state index in [9.17, 15) is 9.90 Å². The first-order valence-corrected chi connectivity index (χ1v) is 8.33. The Labute approximate surface area is 157 Å². The second-order valence-corrected chi connectivity index (χ2v) is 6.03. The second-order valence-electron chi connectivity index (χ2n) is 6.03. The molecule has 135 valence electrons. The van der Waals surface area contributed by atoms with Crippen molar-refractivity contribution in [3.8, 4) is 16.9 Å². The van der Waals surface area contributed by atoms with E-state index in [-0.39, 0.29) is 20.6 Å². The van der Waals surface area contributed by atoms with Crippen LogP contribution in [0.5, 0.6) is 0 Å². The molecular formula is C18H18BN6O2. The molecule has 0 atom stereocenters. The fourth-order valence-electron chi connectivity index (χ4n) is 3.05. The number of hydrogen-bond acceptors (Lipinski definition) is 5. The van der Waals surface area contributed by atoms with E-state index in [0.717, 1.165) is 22.4 Å². The lowest BCUT2D eigenvalue weighted by molar-refractivity contribution is 0.281. The van der Waals surface area contributed by atoms with Gasteiger partial charge in [0.25, 0.3) is 5.56 Å². The molecule has 4 heterocycles. The summed E-state index contributed by atoms with van der Waals surface area (Å²) in [6.07, 6.45) is 7.54. The van der Waals surface area contributed by atoms with Gasteiger partial charge in [-0.1, -0.05) is 6.92 Å². The highest BCUT2D eigenvalue weighted by atomic mass is 16.3. The fourth-order valence-corrected chi connectivity index (χ4v) is 3.05. The van der Waals surface area contributed by atoms with Gasteiger partial charge in [-0.3, -0.25) is 9.89 Å². The van der Waals surface area contributed by atoms with Gasteiger partial charge < -0.3 is 5.11 Å². The fraction of sp³-hybridized carbons (Fsp3) is 0.222. The molecule has 3 radical (unpaired) electrons. The number of aliphatic hydroxyl groups is 1. The number of hydrogen-bond donors (Lipinski definition) is 2. The largest absolute Gasteiger partial charge is 0.392 e. The molecule has 8 nitrogen and oxygen atoms in total. The van der Waals surface area contributed by atoms with E-state index < -0.39 is 0 Å². The van der Waals surface area contributed by atoms with Crippen molar-refractivity contribution in [1.29, 1.82) is 0 Å². The van der Waals surface area contributed by atoms with E-state index >= 15 is 0 Å². The molecule has 4 rings (SSSR count). The molecule has 0 aliphatic heterocycles. The normalized spacial score (nSPS) is 10.9. The van der Waals surface area contributed by atoms with Crippen LogP contribution in [0.4, 0.5) is 0 Å². The Morgan fingerprint density at radius 2 is 2.15 bits per heavy atom. The van der Waals surface area contributed by atoms with Gasteiger partial charge in [0.15, 0.2) is 11.5 Å². The highest BCUT2D eigenvalue weighted by Gasteiger charge is 2.15. The smallest absolute Gasteiger partial charge is 0.276 e. The van der Waals surface area contributed by atoms with Crippen molar-refractivity contribution in [1.82, 2.24) is 29.4 Å². The van der Waals surface area contributed by atoms with Gasteiger partial charge in [0, 0.05) is 49.4 Å². The van der Waals surface area contributed by atoms with E-state index in [2.05, 4.69) is 20.2 Å². The quantitative estimate of drug-likeness (QED) is 0.533. The monoisotopic (exact) mass is 361 g/mol. The number of rotatable bonds is 4. The molecule has 0 aliphatic rings. The van der Waals surface area contributed by atoms with Crippen LogP contribution in [0.1, 0.15) is 23.7 Å². The molecule has 2 N–H and O–H groups in total. The highest BCUT2D eigenvalue weighted by Crippen LogP contribution is 2.23. The van der Waals surface area contributed by atoms with Crippen molar-refractivity contribution in [2.24, 2.45) is 0 Å². The number of aryl methyl sites for hydroxylation is 1. The second kappa shape index (κ2) is 7.20. The lowest BCUT2D eigenvalue weighted by Gasteiger charge is -2.03. The standard InChI is InChI=1S/C18H18N6O2.B/c1-3-14-11(2)22-17-15(8-21-24(17)18(14)26)13-7-20-23(9-13)16-6-12(10-25)4-5-19-16;/h4-9,21,25H,3,10H2,1-2H3;. The Hall–Kier alpha value is -3.20. The van der Waals surface area contributed by atoms with Gasteiger partial charge in [0.2, 0.25) is 0 Å². The minimum Gasteiger partial charge on any atom is -0.392 e. The molecular weight excluding hydrogens is 343 g/mol. The van der Waals surface area contributed by atoms with E-state index in [1.807, 2.05) is 20.0 Å². The average molecular weight is 361 g/mol. The maximum atomic E-state index is 12.6. The molecule has 9 heteroatoms. The lowest BCUT2D eigenvalue weighted by atomic mass is 10.1. The van der Waals surface area contributed by atoms with Crippen molar-refractivity contribution in [2.45, 2.75) is 26.9 Å². The van der Waals surface area contributed by atoms with Gasteiger partial charge in [-0.2, -0.15) is 5.10 Å². The third kappa shape index (κ3) is 3.06. The molecule has 0 fully saturated rings. The van der Waals surface area contributed by atoms with Crippen molar-refractivity contribution in [3.63, 3.8) is 0 Å². The first-order valence-electron chi connectivity index (χ1n) is 8.33. The Bertz CT molecular complexity index is 1160. The van der Waals surface area contributed by atoms with Crippen LogP contribution in [0, 0.1) is 6.92 Å². The minimum atomic E-state index is -0.0778. The van der Waals surface area contributed by atoms with E-state index in [1.165, 1.54) is 4.52 Å². The number of fused-ring (bicyclic) bond motifs is 1. The summed E-state index contributed by atoms with van der Waals surface area (Å²) in [5, 5.41) is 16.6. The van der Waals surface area contributed by atoms with Gasteiger partial charge in [-0.05, 0) is 31.0 Å². The predicted octanol–water partition coefficient (Wildman–Crippen LogP) is 1.25. The van der Waals surface area contributed by atoms with Crippen LogP contribution in [-0.2, 0) is 13.0 Å². The summed E-state index contributed by atoms with van der Waals surface area (Å²) in [6, 6.07) is 3.52. The number of pyridine rings is 1. The van der Waals surface area contributed by atoms with Crippen LogP contribution >= 0.6 is 0 Å². The molecule has 0 amide bonds. The molecule has 27 heavy (non-hydrogen) atoms. The molecule has 0 aliphatic carbocycles. The number of nitrogens with one attached hydrogen (secondary N) is 1. The zero-order valence-electron chi connectivity index (χ0n) is 15.0. The third-order valence-corrected chi connectivity index (χ3v) is 4.44. The van der Waals surface area contributed by atoms with Crippen LogP contribution in [0.25, 0.3) is 22.6 Å². The Balaban J connectivity index is 0.00000210. The van der Waals surface area contributed by atoms with Crippen LogP contribution in [0.3, 0.4) is 0 Å². The van der Waals surface area contributed by atoms with Crippen molar-refractivity contribution in [3.05, 3.63) is 64.1 Å². The first-order chi connectivity index (χ1) is 12.6. The summed E-state index contributed by atoms with van der Waals surface area (Å²) in [4.78, 5) is 21.4. The molecule has 4 aromatic rings. The van der Waals surface area contributed by atoms with Gasteiger partial charge >= 0.3 is 0 Å². The summed E-state index contributed by atoms with van der Waals surface area (Å²) in [5.41, 5.74) is 4.30. The molecule has 0 saturated heterocycles. The van der Waals surface area contributed by atoms with E-state index in [4.69, 9.17) is 0 Å². The zero-order chi connectivity index (χ0) is 18.3. The summed E-state index contributed by atoms with van der Waals surface area (Å²) >= 11 is 0. The summed E-state index contributed by atoms with van der Waals surface area (Å²) in [6.45, 7) is 3.74. The topological polar surface area (TPSA) is 101 Å². The Morgan fingerprint density at radius 3 is 2.89 bits per heavy atom. The van der Waals surface area contributed by atoms with Crippen LogP contribution in [-0.4, -0.2) is 42.9 Å². The molecule has 0 aromatic carbocycles. The summed E-state index contributed by atoms with van der Waals surface area (Å²) in [5.74, 6) is 0.609. The number of nitrogens with zero attached hydrogens (tertiary/aromatic N) is 5. The van der Waals surface area contributed by atoms with Crippen molar-refractivity contribution < 1.29 is 5.11 Å². The SMILES string of the molecule is CCc1c(C)nc2c(-c3cnn(-c4cc(CO)ccn4)c3)c[nH]n2c1=O.[B]. The van der Waals surface area contributed by atoms with Gasteiger partial charge in [-0.15, -0.1) is 0 Å². The van der Waals surface area contributed by atoms with E-state index in [1.54, 1.807) is 35.4 Å². The number of aliphatic hydroxyl groups excluding tert-OH is 1. The molecule has 0 saturated carbocycles. The van der Waals surface area contributed by atoms with Crippen LogP contribution in [0.15, 0.2) is 41.7 Å².